The van der Waals surface area contributed by atoms with Crippen molar-refractivity contribution in [3.63, 3.8) is 0 Å². The van der Waals surface area contributed by atoms with Gasteiger partial charge in [0.25, 0.3) is 11.8 Å². The van der Waals surface area contributed by atoms with E-state index in [4.69, 9.17) is 24.0 Å². The zero-order valence-electron chi connectivity index (χ0n) is 38.9. The molecular weight excluding hydrogens is 910 g/mol. The van der Waals surface area contributed by atoms with E-state index >= 15 is 13.2 Å². The molecule has 3 aliphatic carbocycles. The summed E-state index contributed by atoms with van der Waals surface area (Å²) in [6.45, 7) is 4.04. The Hall–Kier alpha value is -7.09. The largest absolute Gasteiger partial charge is 0.497 e. The molecule has 2 N–H and O–H groups in total. The lowest BCUT2D eigenvalue weighted by Gasteiger charge is -2.52. The van der Waals surface area contributed by atoms with Crippen LogP contribution < -0.4 is 30.7 Å². The quantitative estimate of drug-likeness (QED) is 0.0909. The number of fused-ring (bicyclic) bond motifs is 4. The number of nitrogens with zero attached hydrogens (tertiary/aromatic N) is 8. The predicted octanol–water partition coefficient (Wildman–Crippen LogP) is 5.94. The minimum Gasteiger partial charge on any atom is -0.497 e. The molecule has 1 atom stereocenters. The van der Waals surface area contributed by atoms with E-state index in [0.717, 1.165) is 95.2 Å². The number of nitrogens with one attached hydrogen (secondary N) is 2. The first-order valence-electron chi connectivity index (χ1n) is 23.7. The van der Waals surface area contributed by atoms with Crippen LogP contribution in [0.4, 0.5) is 19.1 Å². The van der Waals surface area contributed by atoms with Crippen LogP contribution in [0.15, 0.2) is 70.1 Å². The summed E-state index contributed by atoms with van der Waals surface area (Å²) in [6.07, 6.45) is 8.39. The number of ether oxygens (including phenoxy) is 2. The summed E-state index contributed by atoms with van der Waals surface area (Å²) in [4.78, 5) is 69.4. The molecule has 3 aromatic carbocycles. The van der Waals surface area contributed by atoms with Crippen LogP contribution in [0.2, 0.25) is 0 Å². The summed E-state index contributed by atoms with van der Waals surface area (Å²) >= 11 is 0. The van der Waals surface area contributed by atoms with E-state index in [1.165, 1.54) is 11.7 Å². The molecule has 3 aromatic heterocycles. The number of hydrogen-bond acceptors (Lipinski definition) is 13. The normalized spacial score (nSPS) is 21.6. The van der Waals surface area contributed by atoms with Crippen LogP contribution in [0.1, 0.15) is 91.1 Å². The van der Waals surface area contributed by atoms with Gasteiger partial charge in [0.1, 0.15) is 24.1 Å². The number of halogens is 3. The van der Waals surface area contributed by atoms with Gasteiger partial charge in [-0.3, -0.25) is 33.7 Å². The second-order valence-electron chi connectivity index (χ2n) is 19.1. The summed E-state index contributed by atoms with van der Waals surface area (Å²) in [5, 5.41) is 9.54. The minimum atomic E-state index is -1.57. The number of aromatic nitrogens is 6. The Morgan fingerprint density at radius 1 is 0.900 bits per heavy atom. The van der Waals surface area contributed by atoms with Gasteiger partial charge in [0.15, 0.2) is 23.2 Å². The van der Waals surface area contributed by atoms with Gasteiger partial charge in [0.2, 0.25) is 23.6 Å². The Kier molecular flexibility index (Phi) is 12.7. The first-order valence-corrected chi connectivity index (χ1v) is 23.7. The molecule has 6 aromatic rings. The highest BCUT2D eigenvalue weighted by Crippen LogP contribution is 2.57. The van der Waals surface area contributed by atoms with Gasteiger partial charge in [-0.15, -0.1) is 0 Å². The van der Waals surface area contributed by atoms with Gasteiger partial charge < -0.3 is 24.2 Å². The van der Waals surface area contributed by atoms with E-state index in [-0.39, 0.29) is 42.0 Å². The summed E-state index contributed by atoms with van der Waals surface area (Å²) in [5.41, 5.74) is 2.07. The van der Waals surface area contributed by atoms with E-state index in [1.807, 2.05) is 18.2 Å². The molecule has 20 heteroatoms. The molecule has 2 saturated heterocycles. The van der Waals surface area contributed by atoms with Gasteiger partial charge in [-0.25, -0.2) is 23.5 Å². The first-order chi connectivity index (χ1) is 33.8. The molecular formula is C50H53F3N10O7. The number of imidazole rings is 1. The number of imide groups is 1. The fraction of sp³-hybridized carbons (Fsp3) is 0.440. The van der Waals surface area contributed by atoms with E-state index in [9.17, 15) is 19.2 Å². The summed E-state index contributed by atoms with van der Waals surface area (Å²) in [5.74, 6) is -4.67. The number of anilines is 1. The number of aryl methyl sites for hydroxylation is 2. The number of amides is 3. The highest BCUT2D eigenvalue weighted by atomic mass is 19.2. The monoisotopic (exact) mass is 962 g/mol. The molecule has 11 rings (SSSR count). The molecule has 1 unspecified atom stereocenters. The maximum absolute atomic E-state index is 15.2. The maximum atomic E-state index is 15.2. The van der Waals surface area contributed by atoms with Crippen molar-refractivity contribution < 1.29 is 41.6 Å². The van der Waals surface area contributed by atoms with Crippen molar-refractivity contribution in [2.45, 2.75) is 82.3 Å². The number of methoxy groups -OCH3 is 1. The van der Waals surface area contributed by atoms with Crippen molar-refractivity contribution >= 4 is 34.7 Å². The lowest BCUT2D eigenvalue weighted by molar-refractivity contribution is -0.135. The number of piperidine rings is 1. The third-order valence-corrected chi connectivity index (χ3v) is 15.0. The fourth-order valence-electron chi connectivity index (χ4n) is 10.6. The van der Waals surface area contributed by atoms with Crippen LogP contribution in [-0.2, 0) is 35.1 Å². The standard InChI is InChI=1S/C50H53F3N10O7/c1-60-38-26-30(7-10-36(38)63(48(60)67)37-11-12-39(64)57-44(37)66)4-3-21-61-22-24-62(25-23-61)47-54-20-13-35(56-47)45-58-46(59-70-45)50-17-14-49(15-18-50,16-19-50)29-55-43(65)33-27-34(51)42(41(53)40(33)52)69-28-31-5-8-32(68-2)9-6-31/h5-10,13,20,26-27,37H,3-4,11-12,14-19,21-25,28-29H2,1-2H3,(H,55,65)(H,57,64,66)/t37?,49-,50+. The van der Waals surface area contributed by atoms with E-state index in [2.05, 4.69) is 30.6 Å². The van der Waals surface area contributed by atoms with Crippen LogP contribution in [0, 0.1) is 22.9 Å². The number of rotatable bonds is 15. The van der Waals surface area contributed by atoms with Gasteiger partial charge >= 0.3 is 5.69 Å². The smallest absolute Gasteiger partial charge is 0.329 e. The molecule has 2 bridgehead atoms. The third-order valence-electron chi connectivity index (χ3n) is 15.0. The van der Waals surface area contributed by atoms with Crippen LogP contribution in [0.5, 0.6) is 11.5 Å². The molecule has 70 heavy (non-hydrogen) atoms. The average Bonchev–Trinajstić information content (AvgIpc) is 3.98. The summed E-state index contributed by atoms with van der Waals surface area (Å²) in [7, 11) is 3.22. The number of carbonyl (C=O) groups excluding carboxylic acids is 3. The van der Waals surface area contributed by atoms with Crippen molar-refractivity contribution in [2.24, 2.45) is 12.5 Å². The van der Waals surface area contributed by atoms with Crippen LogP contribution in [0.3, 0.4) is 0 Å². The molecule has 0 spiro atoms. The SMILES string of the molecule is COc1ccc(COc2c(F)cc(C(=O)NC[C@]34CC[C@](c5noc(-c6ccnc(N7CCN(CCCc8ccc9c(c8)n(C)c(=O)n9C8CCC(=O)NC8=O)CC7)n6)n5)(CC3)CC4)c(F)c2F)cc1. The van der Waals surface area contributed by atoms with Gasteiger partial charge in [0, 0.05) is 57.8 Å². The van der Waals surface area contributed by atoms with Gasteiger partial charge in [-0.2, -0.15) is 9.37 Å². The second kappa shape index (κ2) is 19.0. The molecule has 17 nitrogen and oxygen atoms in total. The van der Waals surface area contributed by atoms with Crippen LogP contribution in [-0.4, -0.2) is 98.2 Å². The zero-order valence-corrected chi connectivity index (χ0v) is 38.9. The van der Waals surface area contributed by atoms with Crippen LogP contribution in [0.25, 0.3) is 22.6 Å². The molecule has 3 amide bonds. The average molecular weight is 963 g/mol. The molecule has 5 fully saturated rings. The lowest BCUT2D eigenvalue weighted by Crippen LogP contribution is -2.49. The number of hydrogen-bond donors (Lipinski definition) is 2. The van der Waals surface area contributed by atoms with Crippen molar-refractivity contribution in [3.05, 3.63) is 111 Å². The first kappa shape index (κ1) is 46.6. The Morgan fingerprint density at radius 3 is 2.37 bits per heavy atom. The van der Waals surface area contributed by atoms with Gasteiger partial charge in [0.05, 0.1) is 23.7 Å². The van der Waals surface area contributed by atoms with Crippen molar-refractivity contribution in [1.29, 1.82) is 0 Å². The fourth-order valence-corrected chi connectivity index (χ4v) is 10.6. The number of benzene rings is 3. The Balaban J connectivity index is 0.695. The Labute approximate surface area is 400 Å². The van der Waals surface area contributed by atoms with E-state index in [0.29, 0.717) is 52.7 Å². The molecule has 5 aliphatic rings. The number of carbonyl (C=O) groups is 3. The summed E-state index contributed by atoms with van der Waals surface area (Å²) < 4.78 is 64.5. The summed E-state index contributed by atoms with van der Waals surface area (Å²) in [6, 6.07) is 14.3. The van der Waals surface area contributed by atoms with E-state index < -0.39 is 46.6 Å². The highest BCUT2D eigenvalue weighted by Gasteiger charge is 2.52. The molecule has 2 aliphatic heterocycles. The van der Waals surface area contributed by atoms with Crippen molar-refractivity contribution in [3.8, 4) is 23.1 Å². The molecule has 3 saturated carbocycles. The number of piperazine rings is 1. The van der Waals surface area contributed by atoms with Gasteiger partial charge in [-0.05, 0) is 117 Å². The molecule has 366 valence electrons. The molecule has 0 radical (unpaired) electrons. The second-order valence-corrected chi connectivity index (χ2v) is 19.1. The Bertz CT molecular complexity index is 3010. The maximum Gasteiger partial charge on any atom is 0.329 e. The Morgan fingerprint density at radius 2 is 1.64 bits per heavy atom. The van der Waals surface area contributed by atoms with Crippen molar-refractivity contribution in [2.75, 3.05) is 51.3 Å². The van der Waals surface area contributed by atoms with Crippen molar-refractivity contribution in [1.82, 2.24) is 44.8 Å². The van der Waals surface area contributed by atoms with Crippen LogP contribution >= 0.6 is 0 Å². The topological polar surface area (TPSA) is 192 Å². The van der Waals surface area contributed by atoms with E-state index in [1.54, 1.807) is 48.1 Å². The zero-order chi connectivity index (χ0) is 48.7. The third kappa shape index (κ3) is 8.99. The lowest BCUT2D eigenvalue weighted by atomic mass is 9.53. The minimum absolute atomic E-state index is 0.195. The molecule has 5 heterocycles. The predicted molar refractivity (Wildman–Crippen MR) is 249 cm³/mol. The highest BCUT2D eigenvalue weighted by molar-refractivity contribution is 6.00. The van der Waals surface area contributed by atoms with Gasteiger partial charge in [-0.1, -0.05) is 23.4 Å².